The lowest BCUT2D eigenvalue weighted by Gasteiger charge is -2.34. The van der Waals surface area contributed by atoms with Crippen LogP contribution in [-0.4, -0.2) is 24.6 Å². The number of nitro groups is 1. The second kappa shape index (κ2) is 6.13. The highest BCUT2D eigenvalue weighted by Gasteiger charge is 2.24. The minimum atomic E-state index is -0.532. The van der Waals surface area contributed by atoms with Gasteiger partial charge >= 0.3 is 0 Å². The van der Waals surface area contributed by atoms with E-state index in [0.717, 1.165) is 10.6 Å². The number of rotatable bonds is 3. The van der Waals surface area contributed by atoms with E-state index in [4.69, 9.17) is 10.00 Å². The molecule has 1 aliphatic heterocycles. The summed E-state index contributed by atoms with van der Waals surface area (Å²) in [5, 5.41) is 22.0. The van der Waals surface area contributed by atoms with Crippen LogP contribution >= 0.6 is 11.3 Å². The Hall–Kier alpha value is -2.43. The van der Waals surface area contributed by atoms with Gasteiger partial charge in [-0.2, -0.15) is 5.26 Å². The van der Waals surface area contributed by atoms with Crippen LogP contribution in [0.3, 0.4) is 0 Å². The normalized spacial score (nSPS) is 18.0. The minimum Gasteiger partial charge on any atom is -0.369 e. The number of benzene rings is 1. The third-order valence-corrected chi connectivity index (χ3v) is 4.55. The first-order chi connectivity index (χ1) is 10.7. The average molecular weight is 315 g/mol. The van der Waals surface area contributed by atoms with E-state index in [1.54, 1.807) is 23.5 Å². The molecule has 0 spiro atoms. The van der Waals surface area contributed by atoms with Crippen LogP contribution in [0, 0.1) is 21.4 Å². The highest BCUT2D eigenvalue weighted by atomic mass is 32.1. The second-order valence-electron chi connectivity index (χ2n) is 4.89. The maximum absolute atomic E-state index is 10.9. The number of hydrogen-bond acceptors (Lipinski definition) is 6. The number of thiophene rings is 1. The zero-order valence-electron chi connectivity index (χ0n) is 11.6. The van der Waals surface area contributed by atoms with Crippen molar-refractivity contribution in [3.05, 3.63) is 56.3 Å². The summed E-state index contributed by atoms with van der Waals surface area (Å²) in [7, 11) is 0. The molecule has 1 aromatic heterocycles. The van der Waals surface area contributed by atoms with Gasteiger partial charge in [-0.1, -0.05) is 6.07 Å². The SMILES string of the molecule is N#Cc1cc(N2CCO[C@H](c3cccs3)C2)ccc1[N+](=O)[O-]. The zero-order valence-corrected chi connectivity index (χ0v) is 12.5. The summed E-state index contributed by atoms with van der Waals surface area (Å²) >= 11 is 1.65. The summed E-state index contributed by atoms with van der Waals surface area (Å²) in [4.78, 5) is 13.6. The lowest BCUT2D eigenvalue weighted by atomic mass is 10.1. The van der Waals surface area contributed by atoms with E-state index >= 15 is 0 Å². The van der Waals surface area contributed by atoms with Gasteiger partial charge in [0.25, 0.3) is 5.69 Å². The van der Waals surface area contributed by atoms with Crippen molar-refractivity contribution in [2.45, 2.75) is 6.10 Å². The van der Waals surface area contributed by atoms with Crippen LogP contribution in [-0.2, 0) is 4.74 Å². The van der Waals surface area contributed by atoms with Crippen LogP contribution < -0.4 is 4.90 Å². The third-order valence-electron chi connectivity index (χ3n) is 3.59. The molecule has 0 unspecified atom stereocenters. The molecular formula is C15H13N3O3S. The van der Waals surface area contributed by atoms with E-state index in [0.29, 0.717) is 19.7 Å². The second-order valence-corrected chi connectivity index (χ2v) is 5.87. The van der Waals surface area contributed by atoms with Gasteiger partial charge in [0, 0.05) is 29.7 Å². The largest absolute Gasteiger partial charge is 0.369 e. The van der Waals surface area contributed by atoms with Gasteiger partial charge in [-0.05, 0) is 23.6 Å². The van der Waals surface area contributed by atoms with Crippen molar-refractivity contribution in [3.63, 3.8) is 0 Å². The number of hydrogen-bond donors (Lipinski definition) is 0. The molecule has 0 amide bonds. The Bertz CT molecular complexity index is 724. The van der Waals surface area contributed by atoms with E-state index in [2.05, 4.69) is 4.90 Å². The minimum absolute atomic E-state index is 0.00511. The summed E-state index contributed by atoms with van der Waals surface area (Å²) in [5.41, 5.74) is 0.739. The molecule has 0 aliphatic carbocycles. The standard InChI is InChI=1S/C15H13N3O3S/c16-9-11-8-12(3-4-13(11)18(19)20)17-5-6-21-14(10-17)15-2-1-7-22-15/h1-4,7-8,14H,5-6,10H2/t14-/m0/s1. The van der Waals surface area contributed by atoms with Gasteiger partial charge in [0.1, 0.15) is 17.7 Å². The van der Waals surface area contributed by atoms with E-state index < -0.39 is 4.92 Å². The van der Waals surface area contributed by atoms with Crippen LogP contribution in [0.1, 0.15) is 16.5 Å². The van der Waals surface area contributed by atoms with Crippen LogP contribution in [0.4, 0.5) is 11.4 Å². The molecule has 1 aliphatic rings. The number of nitriles is 1. The molecule has 3 rings (SSSR count). The van der Waals surface area contributed by atoms with Gasteiger partial charge in [-0.3, -0.25) is 10.1 Å². The quantitative estimate of drug-likeness (QED) is 0.642. The van der Waals surface area contributed by atoms with E-state index in [1.165, 1.54) is 6.07 Å². The molecule has 1 atom stereocenters. The van der Waals surface area contributed by atoms with E-state index in [-0.39, 0.29) is 17.4 Å². The molecule has 0 N–H and O–H groups in total. The van der Waals surface area contributed by atoms with Crippen molar-refractivity contribution in [2.24, 2.45) is 0 Å². The molecule has 1 fully saturated rings. The average Bonchev–Trinajstić information content (AvgIpc) is 3.08. The maximum Gasteiger partial charge on any atom is 0.287 e. The van der Waals surface area contributed by atoms with Crippen LogP contribution in [0.2, 0.25) is 0 Å². The fraction of sp³-hybridized carbons (Fsp3) is 0.267. The summed E-state index contributed by atoms with van der Waals surface area (Å²) in [6.45, 7) is 1.95. The first-order valence-electron chi connectivity index (χ1n) is 6.77. The molecule has 0 saturated carbocycles. The summed E-state index contributed by atoms with van der Waals surface area (Å²) in [6.07, 6.45) is -0.00511. The predicted octanol–water partition coefficient (Wildman–Crippen LogP) is 3.11. The predicted molar refractivity (Wildman–Crippen MR) is 83.0 cm³/mol. The lowest BCUT2D eigenvalue weighted by molar-refractivity contribution is -0.385. The van der Waals surface area contributed by atoms with Crippen LogP contribution in [0.15, 0.2) is 35.7 Å². The number of nitro benzene ring substituents is 1. The van der Waals surface area contributed by atoms with Crippen molar-refractivity contribution in [1.29, 1.82) is 5.26 Å². The topological polar surface area (TPSA) is 79.4 Å². The lowest BCUT2D eigenvalue weighted by Crippen LogP contribution is -2.38. The van der Waals surface area contributed by atoms with Gasteiger partial charge < -0.3 is 9.64 Å². The molecule has 1 saturated heterocycles. The van der Waals surface area contributed by atoms with E-state index in [9.17, 15) is 10.1 Å². The van der Waals surface area contributed by atoms with Crippen molar-refractivity contribution < 1.29 is 9.66 Å². The Kier molecular flexibility index (Phi) is 4.04. The van der Waals surface area contributed by atoms with Crippen LogP contribution in [0.25, 0.3) is 0 Å². The molecule has 7 heteroatoms. The molecule has 0 bridgehead atoms. The molecular weight excluding hydrogens is 302 g/mol. The van der Waals surface area contributed by atoms with Gasteiger partial charge in [0.2, 0.25) is 0 Å². The Morgan fingerprint density at radius 1 is 1.45 bits per heavy atom. The van der Waals surface area contributed by atoms with Gasteiger partial charge in [-0.25, -0.2) is 0 Å². The van der Waals surface area contributed by atoms with Crippen molar-refractivity contribution in [1.82, 2.24) is 0 Å². The summed E-state index contributed by atoms with van der Waals surface area (Å²) in [6, 6.07) is 10.6. The third kappa shape index (κ3) is 2.79. The fourth-order valence-corrected chi connectivity index (χ4v) is 3.27. The molecule has 22 heavy (non-hydrogen) atoms. The fourth-order valence-electron chi connectivity index (χ4n) is 2.50. The van der Waals surface area contributed by atoms with Gasteiger partial charge in [0.05, 0.1) is 11.5 Å². The molecule has 2 heterocycles. The molecule has 6 nitrogen and oxygen atoms in total. The first kappa shape index (κ1) is 14.5. The zero-order chi connectivity index (χ0) is 15.5. The highest BCUT2D eigenvalue weighted by Crippen LogP contribution is 2.30. The Labute approximate surface area is 131 Å². The maximum atomic E-state index is 10.9. The van der Waals surface area contributed by atoms with Crippen LogP contribution in [0.5, 0.6) is 0 Å². The number of anilines is 1. The number of ether oxygens (including phenoxy) is 1. The number of morpholine rings is 1. The first-order valence-corrected chi connectivity index (χ1v) is 7.65. The molecule has 1 aromatic carbocycles. The summed E-state index contributed by atoms with van der Waals surface area (Å²) < 4.78 is 5.79. The highest BCUT2D eigenvalue weighted by molar-refractivity contribution is 7.10. The van der Waals surface area contributed by atoms with Gasteiger partial charge in [-0.15, -0.1) is 11.3 Å². The molecule has 0 radical (unpaired) electrons. The summed E-state index contributed by atoms with van der Waals surface area (Å²) in [5.74, 6) is 0. The Morgan fingerprint density at radius 2 is 2.32 bits per heavy atom. The van der Waals surface area contributed by atoms with E-state index in [1.807, 2.05) is 23.6 Å². The number of nitrogens with zero attached hydrogens (tertiary/aromatic N) is 3. The van der Waals surface area contributed by atoms with Crippen molar-refractivity contribution >= 4 is 22.7 Å². The molecule has 2 aromatic rings. The Balaban J connectivity index is 1.85. The smallest absolute Gasteiger partial charge is 0.287 e. The van der Waals surface area contributed by atoms with Gasteiger partial charge in [0.15, 0.2) is 0 Å². The molecule has 112 valence electrons. The Morgan fingerprint density at radius 3 is 3.00 bits per heavy atom. The van der Waals surface area contributed by atoms with Crippen molar-refractivity contribution in [2.75, 3.05) is 24.6 Å². The monoisotopic (exact) mass is 315 g/mol. The van der Waals surface area contributed by atoms with Crippen molar-refractivity contribution in [3.8, 4) is 6.07 Å².